The molecule has 0 bridgehead atoms. The Kier molecular flexibility index (Phi) is 5.42. The summed E-state index contributed by atoms with van der Waals surface area (Å²) in [4.78, 5) is 18.3. The largest absolute Gasteiger partial charge is 0.339 e. The molecule has 2 rings (SSSR count). The summed E-state index contributed by atoms with van der Waals surface area (Å²) in [5.41, 5.74) is 0.719. The Morgan fingerprint density at radius 1 is 1.32 bits per heavy atom. The summed E-state index contributed by atoms with van der Waals surface area (Å²) in [5, 5.41) is 4.59. The maximum atomic E-state index is 12.5. The molecule has 0 saturated carbocycles. The van der Waals surface area contributed by atoms with E-state index in [2.05, 4.69) is 10.1 Å². The van der Waals surface area contributed by atoms with Crippen molar-refractivity contribution in [2.45, 2.75) is 39.7 Å². The fraction of sp³-hybridized carbons (Fsp3) is 0.400. The molecule has 0 atom stereocenters. The molecule has 0 aliphatic heterocycles. The average Bonchev–Trinajstić information content (AvgIpc) is 2.86. The van der Waals surface area contributed by atoms with Crippen LogP contribution in [0.5, 0.6) is 0 Å². The van der Waals surface area contributed by atoms with Gasteiger partial charge in [0, 0.05) is 24.6 Å². The lowest BCUT2D eigenvalue weighted by Gasteiger charge is -2.27. The fourth-order valence-corrected chi connectivity index (χ4v) is 2.43. The predicted molar refractivity (Wildman–Crippen MR) is 86.4 cm³/mol. The number of amides is 1. The molecule has 22 heavy (non-hydrogen) atoms. The van der Waals surface area contributed by atoms with E-state index >= 15 is 0 Å². The zero-order valence-electron chi connectivity index (χ0n) is 12.6. The van der Waals surface area contributed by atoms with Gasteiger partial charge >= 0.3 is 0 Å². The van der Waals surface area contributed by atoms with Gasteiger partial charge in [-0.3, -0.25) is 4.79 Å². The SMILES string of the molecule is Cc1noc(CCC(=O)N(c2ccc(Cl)c(Cl)c2)C(C)C)n1. The molecule has 0 radical (unpaired) electrons. The summed E-state index contributed by atoms with van der Waals surface area (Å²) in [7, 11) is 0. The van der Waals surface area contributed by atoms with Gasteiger partial charge in [0.25, 0.3) is 0 Å². The number of halogens is 2. The van der Waals surface area contributed by atoms with Gasteiger partial charge in [-0.2, -0.15) is 4.98 Å². The summed E-state index contributed by atoms with van der Waals surface area (Å²) in [6.07, 6.45) is 0.685. The van der Waals surface area contributed by atoms with Gasteiger partial charge in [-0.05, 0) is 39.0 Å². The van der Waals surface area contributed by atoms with E-state index in [0.29, 0.717) is 28.2 Å². The number of aryl methyl sites for hydroxylation is 2. The van der Waals surface area contributed by atoms with Crippen molar-refractivity contribution in [1.82, 2.24) is 10.1 Å². The Hall–Kier alpha value is -1.59. The number of hydrogen-bond donors (Lipinski definition) is 0. The van der Waals surface area contributed by atoms with Crippen molar-refractivity contribution in [1.29, 1.82) is 0 Å². The molecular weight excluding hydrogens is 325 g/mol. The number of hydrogen-bond acceptors (Lipinski definition) is 4. The van der Waals surface area contributed by atoms with Gasteiger partial charge in [0.05, 0.1) is 10.0 Å². The molecule has 1 aromatic heterocycles. The predicted octanol–water partition coefficient (Wildman–Crippen LogP) is 4.06. The minimum atomic E-state index is -0.0377. The number of benzene rings is 1. The van der Waals surface area contributed by atoms with Crippen LogP contribution in [0.4, 0.5) is 5.69 Å². The highest BCUT2D eigenvalue weighted by atomic mass is 35.5. The standard InChI is InChI=1S/C15H17Cl2N3O2/c1-9(2)20(11-4-5-12(16)13(17)8-11)15(21)7-6-14-18-10(3)19-22-14/h4-5,8-9H,6-7H2,1-3H3. The molecule has 0 saturated heterocycles. The van der Waals surface area contributed by atoms with Gasteiger partial charge in [-0.25, -0.2) is 0 Å². The van der Waals surface area contributed by atoms with Crippen molar-refractivity contribution in [3.8, 4) is 0 Å². The van der Waals surface area contributed by atoms with Crippen LogP contribution < -0.4 is 4.90 Å². The number of anilines is 1. The fourth-order valence-electron chi connectivity index (χ4n) is 2.14. The average molecular weight is 342 g/mol. The third-order valence-corrected chi connectivity index (χ3v) is 3.83. The van der Waals surface area contributed by atoms with Crippen LogP contribution in [-0.2, 0) is 11.2 Å². The number of rotatable bonds is 5. The Labute approximate surface area is 139 Å². The van der Waals surface area contributed by atoms with Crippen LogP contribution in [0.15, 0.2) is 22.7 Å². The van der Waals surface area contributed by atoms with Crippen molar-refractivity contribution < 1.29 is 9.32 Å². The van der Waals surface area contributed by atoms with Gasteiger partial charge in [0.15, 0.2) is 5.82 Å². The first-order valence-corrected chi connectivity index (χ1v) is 7.70. The van der Waals surface area contributed by atoms with E-state index in [1.54, 1.807) is 30.0 Å². The van der Waals surface area contributed by atoms with Crippen molar-refractivity contribution in [3.05, 3.63) is 40.0 Å². The highest BCUT2D eigenvalue weighted by Gasteiger charge is 2.20. The molecule has 2 aromatic rings. The second-order valence-corrected chi connectivity index (χ2v) is 6.01. The number of carbonyl (C=O) groups is 1. The monoisotopic (exact) mass is 341 g/mol. The summed E-state index contributed by atoms with van der Waals surface area (Å²) >= 11 is 12.0. The normalized spacial score (nSPS) is 11.0. The first-order valence-electron chi connectivity index (χ1n) is 6.94. The number of nitrogens with zero attached hydrogens (tertiary/aromatic N) is 3. The van der Waals surface area contributed by atoms with Gasteiger partial charge in [0.1, 0.15) is 0 Å². The van der Waals surface area contributed by atoms with Crippen molar-refractivity contribution in [3.63, 3.8) is 0 Å². The Bertz CT molecular complexity index is 671. The highest BCUT2D eigenvalue weighted by Crippen LogP contribution is 2.28. The summed E-state index contributed by atoms with van der Waals surface area (Å²) in [6.45, 7) is 5.62. The second-order valence-electron chi connectivity index (χ2n) is 5.19. The molecule has 7 heteroatoms. The van der Waals surface area contributed by atoms with E-state index in [4.69, 9.17) is 27.7 Å². The van der Waals surface area contributed by atoms with E-state index < -0.39 is 0 Å². The molecule has 0 aliphatic rings. The summed E-state index contributed by atoms with van der Waals surface area (Å²) in [5.74, 6) is 0.987. The van der Waals surface area contributed by atoms with E-state index in [1.807, 2.05) is 13.8 Å². The molecule has 0 spiro atoms. The van der Waals surface area contributed by atoms with Gasteiger partial charge in [-0.1, -0.05) is 28.4 Å². The van der Waals surface area contributed by atoms with Crippen molar-refractivity contribution >= 4 is 34.8 Å². The topological polar surface area (TPSA) is 59.2 Å². The zero-order valence-corrected chi connectivity index (χ0v) is 14.1. The molecule has 1 amide bonds. The Balaban J connectivity index is 2.12. The smallest absolute Gasteiger partial charge is 0.227 e. The minimum Gasteiger partial charge on any atom is -0.339 e. The zero-order chi connectivity index (χ0) is 16.3. The quantitative estimate of drug-likeness (QED) is 0.822. The van der Waals surface area contributed by atoms with Crippen molar-refractivity contribution in [2.75, 3.05) is 4.90 Å². The van der Waals surface area contributed by atoms with Crippen LogP contribution in [0.1, 0.15) is 32.0 Å². The third-order valence-electron chi connectivity index (χ3n) is 3.09. The van der Waals surface area contributed by atoms with E-state index in [0.717, 1.165) is 5.69 Å². The van der Waals surface area contributed by atoms with Gasteiger partial charge < -0.3 is 9.42 Å². The summed E-state index contributed by atoms with van der Waals surface area (Å²) in [6, 6.07) is 5.15. The lowest BCUT2D eigenvalue weighted by atomic mass is 10.2. The molecule has 5 nitrogen and oxygen atoms in total. The Morgan fingerprint density at radius 3 is 2.59 bits per heavy atom. The van der Waals surface area contributed by atoms with Crippen molar-refractivity contribution in [2.24, 2.45) is 0 Å². The van der Waals surface area contributed by atoms with Crippen LogP contribution in [0.25, 0.3) is 0 Å². The Morgan fingerprint density at radius 2 is 2.05 bits per heavy atom. The summed E-state index contributed by atoms with van der Waals surface area (Å²) < 4.78 is 5.03. The molecule has 0 aliphatic carbocycles. The van der Waals surface area contributed by atoms with Crippen LogP contribution in [0, 0.1) is 6.92 Å². The van der Waals surface area contributed by atoms with Crippen LogP contribution in [0.2, 0.25) is 10.0 Å². The lowest BCUT2D eigenvalue weighted by Crippen LogP contribution is -2.37. The first kappa shape index (κ1) is 16.8. The van der Waals surface area contributed by atoms with Gasteiger partial charge in [0.2, 0.25) is 11.8 Å². The van der Waals surface area contributed by atoms with Gasteiger partial charge in [-0.15, -0.1) is 0 Å². The maximum absolute atomic E-state index is 12.5. The third kappa shape index (κ3) is 3.99. The van der Waals surface area contributed by atoms with E-state index in [-0.39, 0.29) is 18.4 Å². The second kappa shape index (κ2) is 7.11. The highest BCUT2D eigenvalue weighted by molar-refractivity contribution is 6.42. The molecule has 1 aromatic carbocycles. The lowest BCUT2D eigenvalue weighted by molar-refractivity contribution is -0.119. The van der Waals surface area contributed by atoms with Crippen LogP contribution >= 0.6 is 23.2 Å². The number of aromatic nitrogens is 2. The van der Waals surface area contributed by atoms with Crippen LogP contribution in [-0.4, -0.2) is 22.1 Å². The molecule has 1 heterocycles. The molecule has 0 fully saturated rings. The maximum Gasteiger partial charge on any atom is 0.227 e. The first-order chi connectivity index (χ1) is 10.4. The van der Waals surface area contributed by atoms with Crippen LogP contribution in [0.3, 0.4) is 0 Å². The molecule has 0 N–H and O–H groups in total. The minimum absolute atomic E-state index is 0.00540. The molecule has 118 valence electrons. The van der Waals surface area contributed by atoms with E-state index in [1.165, 1.54) is 0 Å². The number of carbonyl (C=O) groups excluding carboxylic acids is 1. The molecule has 0 unspecified atom stereocenters. The van der Waals surface area contributed by atoms with E-state index in [9.17, 15) is 4.79 Å². The molecular formula is C15H17Cl2N3O2.